The molecule has 0 radical (unpaired) electrons. The SMILES string of the molecule is C=CC[C@@H]1CCC(=O)C[C@H]1c1ccc(C(C)(C)CCCCCC)cc1OCc1ccccc1. The first kappa shape index (κ1) is 25.3. The lowest BCUT2D eigenvalue weighted by molar-refractivity contribution is -0.121. The van der Waals surface area contributed by atoms with Crippen molar-refractivity contribution in [2.75, 3.05) is 0 Å². The molecule has 2 heteroatoms. The molecular weight excluding hydrogens is 404 g/mol. The normalized spacial score (nSPS) is 18.8. The van der Waals surface area contributed by atoms with E-state index in [1.54, 1.807) is 0 Å². The van der Waals surface area contributed by atoms with Crippen molar-refractivity contribution in [1.29, 1.82) is 0 Å². The molecule has 0 aromatic heterocycles. The lowest BCUT2D eigenvalue weighted by Gasteiger charge is -2.33. The molecule has 1 fully saturated rings. The van der Waals surface area contributed by atoms with Gasteiger partial charge in [-0.15, -0.1) is 6.58 Å². The minimum absolute atomic E-state index is 0.0973. The van der Waals surface area contributed by atoms with Gasteiger partial charge in [0, 0.05) is 12.8 Å². The van der Waals surface area contributed by atoms with Crippen LogP contribution in [0.5, 0.6) is 5.75 Å². The van der Waals surface area contributed by atoms with Crippen molar-refractivity contribution in [3.05, 3.63) is 77.9 Å². The van der Waals surface area contributed by atoms with E-state index in [-0.39, 0.29) is 11.3 Å². The van der Waals surface area contributed by atoms with E-state index in [1.807, 2.05) is 12.1 Å². The van der Waals surface area contributed by atoms with E-state index in [4.69, 9.17) is 4.74 Å². The molecule has 0 unspecified atom stereocenters. The Morgan fingerprint density at radius 1 is 1.09 bits per heavy atom. The number of allylic oxidation sites excluding steroid dienone is 1. The molecule has 0 saturated heterocycles. The Balaban J connectivity index is 1.90. The molecular formula is C31H42O2. The summed E-state index contributed by atoms with van der Waals surface area (Å²) in [5.41, 5.74) is 3.78. The summed E-state index contributed by atoms with van der Waals surface area (Å²) in [7, 11) is 0. The third-order valence-electron chi connectivity index (χ3n) is 7.37. The van der Waals surface area contributed by atoms with Gasteiger partial charge in [0.1, 0.15) is 18.1 Å². The van der Waals surface area contributed by atoms with Crippen molar-refractivity contribution in [2.45, 2.75) is 96.5 Å². The first-order valence-electron chi connectivity index (χ1n) is 12.9. The van der Waals surface area contributed by atoms with E-state index in [9.17, 15) is 4.79 Å². The molecule has 1 aliphatic rings. The van der Waals surface area contributed by atoms with E-state index in [2.05, 4.69) is 69.8 Å². The molecule has 2 atom stereocenters. The molecule has 2 aromatic rings. The van der Waals surface area contributed by atoms with Gasteiger partial charge in [0.15, 0.2) is 0 Å². The fraction of sp³-hybridized carbons (Fsp3) is 0.516. The second-order valence-corrected chi connectivity index (χ2v) is 10.4. The first-order chi connectivity index (χ1) is 15.9. The predicted molar refractivity (Wildman–Crippen MR) is 139 cm³/mol. The highest BCUT2D eigenvalue weighted by molar-refractivity contribution is 5.80. The molecule has 0 N–H and O–H groups in total. The Labute approximate surface area is 201 Å². The number of ether oxygens (including phenoxy) is 1. The van der Waals surface area contributed by atoms with Gasteiger partial charge in [-0.05, 0) is 59.3 Å². The van der Waals surface area contributed by atoms with Crippen molar-refractivity contribution < 1.29 is 9.53 Å². The minimum Gasteiger partial charge on any atom is -0.489 e. The molecule has 2 nitrogen and oxygen atoms in total. The van der Waals surface area contributed by atoms with Gasteiger partial charge >= 0.3 is 0 Å². The zero-order chi connectivity index (χ0) is 23.7. The number of carbonyl (C=O) groups is 1. The first-order valence-corrected chi connectivity index (χ1v) is 12.9. The molecule has 0 bridgehead atoms. The number of benzene rings is 2. The van der Waals surface area contributed by atoms with Gasteiger partial charge in [-0.25, -0.2) is 0 Å². The van der Waals surface area contributed by atoms with Crippen LogP contribution < -0.4 is 4.74 Å². The molecule has 33 heavy (non-hydrogen) atoms. The molecule has 1 aliphatic carbocycles. The van der Waals surface area contributed by atoms with Gasteiger partial charge in [0.25, 0.3) is 0 Å². The number of ketones is 1. The summed E-state index contributed by atoms with van der Waals surface area (Å²) in [4.78, 5) is 12.4. The highest BCUT2D eigenvalue weighted by Gasteiger charge is 2.32. The van der Waals surface area contributed by atoms with Gasteiger partial charge in [-0.1, -0.05) is 95.0 Å². The summed E-state index contributed by atoms with van der Waals surface area (Å²) >= 11 is 0. The van der Waals surface area contributed by atoms with Gasteiger partial charge in [-0.2, -0.15) is 0 Å². The molecule has 3 rings (SSSR count). The average molecular weight is 447 g/mol. The quantitative estimate of drug-likeness (QED) is 0.241. The number of unbranched alkanes of at least 4 members (excludes halogenated alkanes) is 3. The summed E-state index contributed by atoms with van der Waals surface area (Å²) in [6.45, 7) is 11.5. The summed E-state index contributed by atoms with van der Waals surface area (Å²) in [5.74, 6) is 1.98. The Kier molecular flexibility index (Phi) is 9.35. The van der Waals surface area contributed by atoms with E-state index in [1.165, 1.54) is 43.2 Å². The predicted octanol–water partition coefficient (Wildman–Crippen LogP) is 8.54. The number of hydrogen-bond donors (Lipinski definition) is 0. The van der Waals surface area contributed by atoms with Crippen LogP contribution in [-0.2, 0) is 16.8 Å². The molecule has 0 amide bonds. The molecule has 2 aromatic carbocycles. The van der Waals surface area contributed by atoms with Crippen LogP contribution in [0.3, 0.4) is 0 Å². The Bertz CT molecular complexity index is 896. The Hall–Kier alpha value is -2.35. The molecule has 0 heterocycles. The fourth-order valence-corrected chi connectivity index (χ4v) is 5.18. The monoisotopic (exact) mass is 446 g/mol. The maximum atomic E-state index is 12.4. The van der Waals surface area contributed by atoms with E-state index in [0.29, 0.717) is 31.1 Å². The second kappa shape index (κ2) is 12.2. The zero-order valence-electron chi connectivity index (χ0n) is 20.9. The summed E-state index contributed by atoms with van der Waals surface area (Å²) in [6, 6.07) is 17.1. The lowest BCUT2D eigenvalue weighted by Crippen LogP contribution is -2.24. The van der Waals surface area contributed by atoms with E-state index in [0.717, 1.165) is 24.2 Å². The lowest BCUT2D eigenvalue weighted by atomic mass is 9.72. The fourth-order valence-electron chi connectivity index (χ4n) is 5.18. The maximum absolute atomic E-state index is 12.4. The molecule has 0 aliphatic heterocycles. The highest BCUT2D eigenvalue weighted by Crippen LogP contribution is 2.44. The third-order valence-corrected chi connectivity index (χ3v) is 7.37. The van der Waals surface area contributed by atoms with Crippen LogP contribution in [0.25, 0.3) is 0 Å². The molecule has 0 spiro atoms. The zero-order valence-corrected chi connectivity index (χ0v) is 20.9. The second-order valence-electron chi connectivity index (χ2n) is 10.4. The van der Waals surface area contributed by atoms with Crippen LogP contribution >= 0.6 is 0 Å². The number of carbonyl (C=O) groups excluding carboxylic acids is 1. The van der Waals surface area contributed by atoms with Crippen LogP contribution in [-0.4, -0.2) is 5.78 Å². The largest absolute Gasteiger partial charge is 0.489 e. The number of hydrogen-bond acceptors (Lipinski definition) is 2. The third kappa shape index (κ3) is 7.06. The minimum atomic E-state index is 0.0973. The molecule has 1 saturated carbocycles. The number of Topliss-reactive ketones (excluding diaryl/α,β-unsaturated/α-hetero) is 1. The maximum Gasteiger partial charge on any atom is 0.133 e. The van der Waals surface area contributed by atoms with E-state index < -0.39 is 0 Å². The van der Waals surface area contributed by atoms with Gasteiger partial charge in [0.05, 0.1) is 0 Å². The van der Waals surface area contributed by atoms with Crippen molar-refractivity contribution in [1.82, 2.24) is 0 Å². The van der Waals surface area contributed by atoms with Gasteiger partial charge in [-0.3, -0.25) is 4.79 Å². The number of rotatable bonds is 12. The smallest absolute Gasteiger partial charge is 0.133 e. The standard InChI is InChI=1S/C31H42O2/c1-5-7-8-12-20-31(3,4)26-17-19-28(29-22-27(32)18-16-25(29)13-6-2)30(21-26)33-23-24-14-10-9-11-15-24/h6,9-11,14-15,17,19,21,25,29H,2,5,7-8,12-13,16,18,20,22-23H2,1,3-4H3/t25-,29-/m1/s1. The Morgan fingerprint density at radius 2 is 1.88 bits per heavy atom. The molecule has 178 valence electrons. The van der Waals surface area contributed by atoms with Gasteiger partial charge < -0.3 is 4.74 Å². The van der Waals surface area contributed by atoms with Crippen LogP contribution in [0.2, 0.25) is 0 Å². The van der Waals surface area contributed by atoms with Crippen LogP contribution in [0.1, 0.15) is 101 Å². The summed E-state index contributed by atoms with van der Waals surface area (Å²) in [6.07, 6.45) is 11.5. The highest BCUT2D eigenvalue weighted by atomic mass is 16.5. The average Bonchev–Trinajstić information content (AvgIpc) is 2.82. The van der Waals surface area contributed by atoms with Crippen molar-refractivity contribution in [2.24, 2.45) is 5.92 Å². The van der Waals surface area contributed by atoms with Crippen LogP contribution in [0, 0.1) is 5.92 Å². The van der Waals surface area contributed by atoms with Crippen LogP contribution in [0.4, 0.5) is 0 Å². The Morgan fingerprint density at radius 3 is 2.61 bits per heavy atom. The van der Waals surface area contributed by atoms with Crippen LogP contribution in [0.15, 0.2) is 61.2 Å². The topological polar surface area (TPSA) is 26.3 Å². The van der Waals surface area contributed by atoms with Crippen molar-refractivity contribution >= 4 is 5.78 Å². The van der Waals surface area contributed by atoms with Gasteiger partial charge in [0.2, 0.25) is 0 Å². The van der Waals surface area contributed by atoms with E-state index >= 15 is 0 Å². The summed E-state index contributed by atoms with van der Waals surface area (Å²) < 4.78 is 6.48. The van der Waals surface area contributed by atoms with Crippen molar-refractivity contribution in [3.63, 3.8) is 0 Å². The van der Waals surface area contributed by atoms with Crippen molar-refractivity contribution in [3.8, 4) is 5.75 Å². The summed E-state index contributed by atoms with van der Waals surface area (Å²) in [5, 5.41) is 0.